The largest absolute Gasteiger partial charge is 0.353 e. The predicted molar refractivity (Wildman–Crippen MR) is 133 cm³/mol. The Morgan fingerprint density at radius 2 is 1.50 bits per heavy atom. The lowest BCUT2D eigenvalue weighted by Crippen LogP contribution is -2.53. The SMILES string of the molecule is O=C(CN1C(=O)CN(C(=O)NCc2ccccc2)c2ccccc21)NCCN1CCCCCC1. The van der Waals surface area contributed by atoms with Crippen LogP contribution in [-0.2, 0) is 16.1 Å². The standard InChI is InChI=1S/C26H33N5O3/c32-24(27-14-17-29-15-8-1-2-9-16-29)19-30-22-12-6-7-13-23(22)31(20-25(30)33)26(34)28-18-21-10-4-3-5-11-21/h3-7,10-13H,1-2,8-9,14-20H2,(H,27,32)(H,28,34). The molecule has 8 nitrogen and oxygen atoms in total. The van der Waals surface area contributed by atoms with E-state index in [1.54, 1.807) is 12.1 Å². The first-order valence-corrected chi connectivity index (χ1v) is 12.1. The normalized spacial score (nSPS) is 16.5. The summed E-state index contributed by atoms with van der Waals surface area (Å²) in [6.07, 6.45) is 4.98. The Labute approximate surface area is 200 Å². The smallest absolute Gasteiger partial charge is 0.322 e. The lowest BCUT2D eigenvalue weighted by atomic mass is 10.1. The van der Waals surface area contributed by atoms with Gasteiger partial charge < -0.3 is 15.5 Å². The van der Waals surface area contributed by atoms with Crippen LogP contribution in [0.3, 0.4) is 0 Å². The first-order valence-electron chi connectivity index (χ1n) is 12.1. The summed E-state index contributed by atoms with van der Waals surface area (Å²) >= 11 is 0. The second-order valence-corrected chi connectivity index (χ2v) is 8.80. The molecule has 1 saturated heterocycles. The molecule has 0 bridgehead atoms. The number of rotatable bonds is 7. The van der Waals surface area contributed by atoms with E-state index in [1.165, 1.54) is 35.5 Å². The zero-order valence-electron chi connectivity index (χ0n) is 19.5. The van der Waals surface area contributed by atoms with Crippen molar-refractivity contribution in [2.45, 2.75) is 32.2 Å². The van der Waals surface area contributed by atoms with Gasteiger partial charge in [-0.2, -0.15) is 0 Å². The number of hydrogen-bond donors (Lipinski definition) is 2. The minimum absolute atomic E-state index is 0.0602. The van der Waals surface area contributed by atoms with E-state index in [0.717, 1.165) is 25.2 Å². The van der Waals surface area contributed by atoms with Gasteiger partial charge in [-0.05, 0) is 43.6 Å². The molecule has 2 aromatic carbocycles. The fourth-order valence-electron chi connectivity index (χ4n) is 4.50. The molecule has 0 radical (unpaired) electrons. The summed E-state index contributed by atoms with van der Waals surface area (Å²) in [5.41, 5.74) is 2.16. The van der Waals surface area contributed by atoms with Crippen molar-refractivity contribution in [3.63, 3.8) is 0 Å². The maximum Gasteiger partial charge on any atom is 0.322 e. The third kappa shape index (κ3) is 6.14. The van der Waals surface area contributed by atoms with Gasteiger partial charge in [0.1, 0.15) is 13.1 Å². The molecule has 0 unspecified atom stereocenters. The summed E-state index contributed by atoms with van der Waals surface area (Å²) in [6, 6.07) is 16.5. The van der Waals surface area contributed by atoms with Gasteiger partial charge in [-0.25, -0.2) is 4.79 Å². The molecule has 1 fully saturated rings. The Balaban J connectivity index is 1.35. The number of carbonyl (C=O) groups excluding carboxylic acids is 3. The third-order valence-electron chi connectivity index (χ3n) is 6.34. The highest BCUT2D eigenvalue weighted by atomic mass is 16.2. The molecule has 2 aliphatic rings. The van der Waals surface area contributed by atoms with E-state index in [1.807, 2.05) is 42.5 Å². The van der Waals surface area contributed by atoms with Crippen LogP contribution < -0.4 is 20.4 Å². The lowest BCUT2D eigenvalue weighted by molar-refractivity contribution is -0.123. The molecule has 2 aromatic rings. The van der Waals surface area contributed by atoms with Crippen LogP contribution in [0.1, 0.15) is 31.2 Å². The van der Waals surface area contributed by atoms with E-state index in [0.29, 0.717) is 24.5 Å². The van der Waals surface area contributed by atoms with Crippen LogP contribution in [-0.4, -0.2) is 62.0 Å². The first-order chi connectivity index (χ1) is 16.6. The highest BCUT2D eigenvalue weighted by Crippen LogP contribution is 2.33. The van der Waals surface area contributed by atoms with Gasteiger partial charge in [0.2, 0.25) is 11.8 Å². The van der Waals surface area contributed by atoms with E-state index in [2.05, 4.69) is 15.5 Å². The average Bonchev–Trinajstić information content (AvgIpc) is 3.13. The van der Waals surface area contributed by atoms with Gasteiger partial charge in [-0.1, -0.05) is 55.3 Å². The van der Waals surface area contributed by atoms with Crippen LogP contribution in [0.5, 0.6) is 0 Å². The second kappa shape index (κ2) is 11.7. The average molecular weight is 464 g/mol. The molecule has 8 heteroatoms. The Bertz CT molecular complexity index is 989. The Kier molecular flexibility index (Phi) is 8.14. The maximum atomic E-state index is 13.0. The number of urea groups is 1. The van der Waals surface area contributed by atoms with Gasteiger partial charge in [-0.3, -0.25) is 19.4 Å². The Hall–Kier alpha value is -3.39. The fourth-order valence-corrected chi connectivity index (χ4v) is 4.50. The summed E-state index contributed by atoms with van der Waals surface area (Å²) in [6.45, 7) is 3.75. The molecule has 0 aromatic heterocycles. The van der Waals surface area contributed by atoms with Crippen LogP contribution in [0, 0.1) is 0 Å². The van der Waals surface area contributed by atoms with E-state index >= 15 is 0 Å². The van der Waals surface area contributed by atoms with Gasteiger partial charge in [0.05, 0.1) is 11.4 Å². The summed E-state index contributed by atoms with van der Waals surface area (Å²) in [4.78, 5) is 43.8. The molecule has 180 valence electrons. The number of amides is 4. The van der Waals surface area contributed by atoms with E-state index in [9.17, 15) is 14.4 Å². The van der Waals surface area contributed by atoms with Gasteiger partial charge in [0.25, 0.3) is 0 Å². The Morgan fingerprint density at radius 3 is 2.24 bits per heavy atom. The molecule has 34 heavy (non-hydrogen) atoms. The summed E-state index contributed by atoms with van der Waals surface area (Å²) < 4.78 is 0. The van der Waals surface area contributed by atoms with Crippen molar-refractivity contribution in [3.05, 3.63) is 60.2 Å². The van der Waals surface area contributed by atoms with E-state index in [-0.39, 0.29) is 30.9 Å². The number of likely N-dealkylation sites (tertiary alicyclic amines) is 1. The van der Waals surface area contributed by atoms with Gasteiger partial charge in [0.15, 0.2) is 0 Å². The number of anilines is 2. The van der Waals surface area contributed by atoms with Gasteiger partial charge in [0, 0.05) is 19.6 Å². The van der Waals surface area contributed by atoms with Crippen LogP contribution in [0.25, 0.3) is 0 Å². The van der Waals surface area contributed by atoms with Crippen molar-refractivity contribution in [3.8, 4) is 0 Å². The molecular formula is C26H33N5O3. The number of para-hydroxylation sites is 2. The lowest BCUT2D eigenvalue weighted by Gasteiger charge is -2.35. The minimum Gasteiger partial charge on any atom is -0.353 e. The van der Waals surface area contributed by atoms with E-state index < -0.39 is 0 Å². The topological polar surface area (TPSA) is 85.0 Å². The van der Waals surface area contributed by atoms with Crippen molar-refractivity contribution in [2.24, 2.45) is 0 Å². The second-order valence-electron chi connectivity index (χ2n) is 8.80. The van der Waals surface area contributed by atoms with Crippen molar-refractivity contribution < 1.29 is 14.4 Å². The molecular weight excluding hydrogens is 430 g/mol. The zero-order chi connectivity index (χ0) is 23.8. The van der Waals surface area contributed by atoms with Crippen molar-refractivity contribution in [1.82, 2.24) is 15.5 Å². The summed E-state index contributed by atoms with van der Waals surface area (Å²) in [5, 5.41) is 5.84. The van der Waals surface area contributed by atoms with Crippen LogP contribution >= 0.6 is 0 Å². The minimum atomic E-state index is -0.341. The molecule has 4 amide bonds. The van der Waals surface area contributed by atoms with Crippen LogP contribution in [0.2, 0.25) is 0 Å². The summed E-state index contributed by atoms with van der Waals surface area (Å²) in [5.74, 6) is -0.476. The molecule has 2 heterocycles. The van der Waals surface area contributed by atoms with Crippen molar-refractivity contribution >= 4 is 29.2 Å². The third-order valence-corrected chi connectivity index (χ3v) is 6.34. The molecule has 2 aliphatic heterocycles. The quantitative estimate of drug-likeness (QED) is 0.661. The molecule has 4 rings (SSSR count). The maximum absolute atomic E-state index is 13.0. The number of hydrogen-bond acceptors (Lipinski definition) is 4. The highest BCUT2D eigenvalue weighted by molar-refractivity contribution is 6.12. The first kappa shape index (κ1) is 23.8. The molecule has 0 spiro atoms. The number of fused-ring (bicyclic) bond motifs is 1. The van der Waals surface area contributed by atoms with Crippen molar-refractivity contribution in [1.29, 1.82) is 0 Å². The summed E-state index contributed by atoms with van der Waals surface area (Å²) in [7, 11) is 0. The van der Waals surface area contributed by atoms with E-state index in [4.69, 9.17) is 0 Å². The molecule has 0 saturated carbocycles. The molecule has 2 N–H and O–H groups in total. The molecule has 0 aliphatic carbocycles. The highest BCUT2D eigenvalue weighted by Gasteiger charge is 2.33. The number of nitrogens with one attached hydrogen (secondary N) is 2. The van der Waals surface area contributed by atoms with Crippen LogP contribution in [0.15, 0.2) is 54.6 Å². The molecule has 0 atom stereocenters. The number of nitrogens with zero attached hydrogens (tertiary/aromatic N) is 3. The monoisotopic (exact) mass is 463 g/mol. The predicted octanol–water partition coefficient (Wildman–Crippen LogP) is 2.74. The van der Waals surface area contributed by atoms with Gasteiger partial charge >= 0.3 is 6.03 Å². The fraction of sp³-hybridized carbons (Fsp3) is 0.423. The van der Waals surface area contributed by atoms with Gasteiger partial charge in [-0.15, -0.1) is 0 Å². The van der Waals surface area contributed by atoms with Crippen molar-refractivity contribution in [2.75, 3.05) is 49.1 Å². The Morgan fingerprint density at radius 1 is 0.824 bits per heavy atom. The number of carbonyl (C=O) groups is 3. The zero-order valence-corrected chi connectivity index (χ0v) is 19.5. The number of benzene rings is 2. The van der Waals surface area contributed by atoms with Crippen LogP contribution in [0.4, 0.5) is 16.2 Å².